The molecule has 7 nitrogen and oxygen atoms in total. The summed E-state index contributed by atoms with van der Waals surface area (Å²) < 4.78 is 14.4. The summed E-state index contributed by atoms with van der Waals surface area (Å²) in [5, 5.41) is 10.8. The van der Waals surface area contributed by atoms with Crippen LogP contribution >= 0.6 is 0 Å². The molecule has 0 N–H and O–H groups in total. The Balaban J connectivity index is 1.29. The Hall–Kier alpha value is -3.99. The quantitative estimate of drug-likeness (QED) is 0.526. The molecule has 1 aromatic heterocycles. The minimum Gasteiger partial charge on any atom is -0.370 e. The number of carbonyl (C=O) groups excluding carboxylic acids is 2. The highest BCUT2D eigenvalue weighted by Crippen LogP contribution is 2.40. The van der Waals surface area contributed by atoms with Crippen LogP contribution in [0.25, 0.3) is 10.9 Å². The normalized spacial score (nSPS) is 19.3. The standard InChI is InChI=1S/C30H30FN5O2/c31-23-8-9-26-24(18-23)27(34-12-10-30(20-32,11-13-34)22-4-2-1-3-5-22)25(19-33-26)29(38)36-16-14-35(15-17-36)28(37)21-6-7-21/h1-5,8-9,18-19,21H,6-7,10-17H2. The van der Waals surface area contributed by atoms with E-state index in [9.17, 15) is 19.2 Å². The van der Waals surface area contributed by atoms with Gasteiger partial charge >= 0.3 is 0 Å². The number of nitriles is 1. The molecule has 6 rings (SSSR count). The number of aromatic nitrogens is 1. The topological polar surface area (TPSA) is 80.5 Å². The van der Waals surface area contributed by atoms with Crippen molar-refractivity contribution in [3.05, 3.63) is 71.7 Å². The fourth-order valence-corrected chi connectivity index (χ4v) is 5.87. The summed E-state index contributed by atoms with van der Waals surface area (Å²) in [6.07, 6.45) is 4.73. The van der Waals surface area contributed by atoms with Gasteiger partial charge in [0, 0.05) is 56.8 Å². The van der Waals surface area contributed by atoms with E-state index in [4.69, 9.17) is 0 Å². The van der Waals surface area contributed by atoms with Gasteiger partial charge in [0.25, 0.3) is 5.91 Å². The van der Waals surface area contributed by atoms with Crippen molar-refractivity contribution in [2.45, 2.75) is 31.1 Å². The van der Waals surface area contributed by atoms with Crippen molar-refractivity contribution in [2.75, 3.05) is 44.2 Å². The van der Waals surface area contributed by atoms with Gasteiger partial charge in [0.15, 0.2) is 0 Å². The number of hydrogen-bond acceptors (Lipinski definition) is 5. The Bertz CT molecular complexity index is 1420. The van der Waals surface area contributed by atoms with Gasteiger partial charge in [0.1, 0.15) is 5.82 Å². The molecule has 38 heavy (non-hydrogen) atoms. The number of rotatable bonds is 4. The van der Waals surface area contributed by atoms with Crippen molar-refractivity contribution in [1.82, 2.24) is 14.8 Å². The van der Waals surface area contributed by atoms with E-state index in [1.54, 1.807) is 17.2 Å². The third-order valence-electron chi connectivity index (χ3n) is 8.31. The monoisotopic (exact) mass is 511 g/mol. The van der Waals surface area contributed by atoms with Crippen LogP contribution in [-0.4, -0.2) is 65.9 Å². The molecule has 194 valence electrons. The second-order valence-electron chi connectivity index (χ2n) is 10.6. The highest BCUT2D eigenvalue weighted by molar-refractivity contribution is 6.07. The number of piperidine rings is 1. The molecule has 1 saturated carbocycles. The van der Waals surface area contributed by atoms with Crippen LogP contribution < -0.4 is 4.90 Å². The third-order valence-corrected chi connectivity index (χ3v) is 8.31. The maximum absolute atomic E-state index is 14.4. The summed E-state index contributed by atoms with van der Waals surface area (Å²) in [6, 6.07) is 16.9. The highest BCUT2D eigenvalue weighted by Gasteiger charge is 2.39. The number of amides is 2. The lowest BCUT2D eigenvalue weighted by Crippen LogP contribution is -2.51. The first-order valence-electron chi connectivity index (χ1n) is 13.4. The molecular weight excluding hydrogens is 481 g/mol. The Kier molecular flexibility index (Phi) is 6.22. The van der Waals surface area contributed by atoms with Gasteiger partial charge in [-0.25, -0.2) is 4.39 Å². The van der Waals surface area contributed by atoms with E-state index in [1.807, 2.05) is 35.2 Å². The number of pyridine rings is 1. The summed E-state index contributed by atoms with van der Waals surface area (Å²) >= 11 is 0. The van der Waals surface area contributed by atoms with Gasteiger partial charge in [0.05, 0.1) is 28.3 Å². The summed E-state index contributed by atoms with van der Waals surface area (Å²) in [4.78, 5) is 36.6. The van der Waals surface area contributed by atoms with E-state index in [1.165, 1.54) is 12.1 Å². The summed E-state index contributed by atoms with van der Waals surface area (Å²) in [5.41, 5.74) is 2.14. The number of anilines is 1. The Labute approximate surface area is 221 Å². The second kappa shape index (κ2) is 9.71. The Morgan fingerprint density at radius 2 is 1.63 bits per heavy atom. The average molecular weight is 512 g/mol. The molecule has 0 spiro atoms. The number of halogens is 1. The molecule has 0 atom stereocenters. The molecule has 1 aliphatic carbocycles. The van der Waals surface area contributed by atoms with Crippen molar-refractivity contribution in [3.63, 3.8) is 0 Å². The lowest BCUT2D eigenvalue weighted by Gasteiger charge is -2.40. The van der Waals surface area contributed by atoms with Gasteiger partial charge in [-0.2, -0.15) is 5.26 Å². The lowest BCUT2D eigenvalue weighted by atomic mass is 9.74. The Morgan fingerprint density at radius 3 is 2.29 bits per heavy atom. The number of carbonyl (C=O) groups is 2. The number of benzene rings is 2. The molecule has 3 aromatic rings. The smallest absolute Gasteiger partial charge is 0.257 e. The minimum atomic E-state index is -0.597. The minimum absolute atomic E-state index is 0.155. The molecule has 3 heterocycles. The van der Waals surface area contributed by atoms with Crippen molar-refractivity contribution in [1.29, 1.82) is 5.26 Å². The zero-order valence-corrected chi connectivity index (χ0v) is 21.3. The van der Waals surface area contributed by atoms with Crippen LogP contribution in [0.4, 0.5) is 10.1 Å². The van der Waals surface area contributed by atoms with Crippen molar-refractivity contribution < 1.29 is 14.0 Å². The van der Waals surface area contributed by atoms with Gasteiger partial charge in [-0.3, -0.25) is 14.6 Å². The van der Waals surface area contributed by atoms with Crippen molar-refractivity contribution >= 4 is 28.4 Å². The molecule has 2 saturated heterocycles. The first-order valence-corrected chi connectivity index (χ1v) is 13.4. The molecular formula is C30H30FN5O2. The molecule has 3 fully saturated rings. The van der Waals surface area contributed by atoms with Gasteiger partial charge in [-0.1, -0.05) is 30.3 Å². The maximum Gasteiger partial charge on any atom is 0.257 e. The predicted octanol–water partition coefficient (Wildman–Crippen LogP) is 4.13. The first kappa shape index (κ1) is 24.4. The molecule has 0 unspecified atom stereocenters. The molecule has 8 heteroatoms. The molecule has 0 radical (unpaired) electrons. The van der Waals surface area contributed by atoms with E-state index in [2.05, 4.69) is 16.0 Å². The van der Waals surface area contributed by atoms with Gasteiger partial charge in [0.2, 0.25) is 5.91 Å². The number of hydrogen-bond donors (Lipinski definition) is 0. The van der Waals surface area contributed by atoms with Crippen LogP contribution in [0.1, 0.15) is 41.6 Å². The van der Waals surface area contributed by atoms with Crippen LogP contribution in [0.5, 0.6) is 0 Å². The van der Waals surface area contributed by atoms with E-state index in [0.29, 0.717) is 74.3 Å². The zero-order chi connectivity index (χ0) is 26.3. The van der Waals surface area contributed by atoms with E-state index >= 15 is 0 Å². The fourth-order valence-electron chi connectivity index (χ4n) is 5.87. The molecule has 2 amide bonds. The predicted molar refractivity (Wildman–Crippen MR) is 142 cm³/mol. The van der Waals surface area contributed by atoms with Gasteiger partial charge in [-0.15, -0.1) is 0 Å². The second-order valence-corrected chi connectivity index (χ2v) is 10.6. The lowest BCUT2D eigenvalue weighted by molar-refractivity contribution is -0.134. The van der Waals surface area contributed by atoms with E-state index in [-0.39, 0.29) is 23.5 Å². The van der Waals surface area contributed by atoms with Crippen molar-refractivity contribution in [3.8, 4) is 6.07 Å². The van der Waals surface area contributed by atoms with Crippen LogP contribution in [0, 0.1) is 23.1 Å². The van der Waals surface area contributed by atoms with E-state index < -0.39 is 5.41 Å². The van der Waals surface area contributed by atoms with Crippen LogP contribution in [0.15, 0.2) is 54.7 Å². The largest absolute Gasteiger partial charge is 0.370 e. The van der Waals surface area contributed by atoms with E-state index in [0.717, 1.165) is 18.4 Å². The zero-order valence-electron chi connectivity index (χ0n) is 21.3. The van der Waals surface area contributed by atoms with Crippen molar-refractivity contribution in [2.24, 2.45) is 5.92 Å². The van der Waals surface area contributed by atoms with Gasteiger partial charge in [-0.05, 0) is 49.4 Å². The van der Waals surface area contributed by atoms with Crippen LogP contribution in [0.3, 0.4) is 0 Å². The SMILES string of the molecule is N#CC1(c2ccccc2)CCN(c2c(C(=O)N3CCN(C(=O)C4CC4)CC3)cnc3ccc(F)cc23)CC1. The third kappa shape index (κ3) is 4.36. The maximum atomic E-state index is 14.4. The fraction of sp³-hybridized carbons (Fsp3) is 0.400. The molecule has 2 aliphatic heterocycles. The molecule has 0 bridgehead atoms. The molecule has 3 aliphatic rings. The number of nitrogens with zero attached hydrogens (tertiary/aromatic N) is 5. The highest BCUT2D eigenvalue weighted by atomic mass is 19.1. The summed E-state index contributed by atoms with van der Waals surface area (Å²) in [5.74, 6) is -0.172. The summed E-state index contributed by atoms with van der Waals surface area (Å²) in [7, 11) is 0. The first-order chi connectivity index (χ1) is 18.5. The number of piperazine rings is 1. The van der Waals surface area contributed by atoms with Gasteiger partial charge < -0.3 is 14.7 Å². The molecule has 2 aromatic carbocycles. The van der Waals surface area contributed by atoms with Crippen LogP contribution in [-0.2, 0) is 10.2 Å². The average Bonchev–Trinajstić information content (AvgIpc) is 3.82. The Morgan fingerprint density at radius 1 is 0.947 bits per heavy atom. The number of fused-ring (bicyclic) bond motifs is 1. The summed E-state index contributed by atoms with van der Waals surface area (Å²) in [6.45, 7) is 3.09. The van der Waals surface area contributed by atoms with Crippen LogP contribution in [0.2, 0.25) is 0 Å².